The standard InChI is InChI=1S/C21H22FN5O2/c1-12-5-8-18(14(3)9-12)24-19(28)11-27-15(4)20(25-26-27)21(29)23-16-7-6-13(2)17(22)10-16/h5-10H,11H2,1-4H3,(H,23,29)(H,24,28). The molecule has 2 N–H and O–H groups in total. The number of amides is 2. The third-order valence-corrected chi connectivity index (χ3v) is 4.58. The maximum Gasteiger partial charge on any atom is 0.278 e. The molecular formula is C21H22FN5O2. The van der Waals surface area contributed by atoms with Gasteiger partial charge in [-0.3, -0.25) is 9.59 Å². The van der Waals surface area contributed by atoms with Crippen molar-refractivity contribution in [2.75, 3.05) is 10.6 Å². The van der Waals surface area contributed by atoms with E-state index in [9.17, 15) is 14.0 Å². The lowest BCUT2D eigenvalue weighted by atomic mass is 10.1. The maximum atomic E-state index is 13.7. The van der Waals surface area contributed by atoms with E-state index >= 15 is 0 Å². The summed E-state index contributed by atoms with van der Waals surface area (Å²) in [5.41, 5.74) is 4.10. The van der Waals surface area contributed by atoms with Gasteiger partial charge in [0.15, 0.2) is 5.69 Å². The van der Waals surface area contributed by atoms with Gasteiger partial charge >= 0.3 is 0 Å². The summed E-state index contributed by atoms with van der Waals surface area (Å²) in [5, 5.41) is 13.2. The summed E-state index contributed by atoms with van der Waals surface area (Å²) in [4.78, 5) is 24.8. The summed E-state index contributed by atoms with van der Waals surface area (Å²) >= 11 is 0. The minimum atomic E-state index is -0.521. The first-order chi connectivity index (χ1) is 13.7. The van der Waals surface area contributed by atoms with E-state index in [4.69, 9.17) is 0 Å². The summed E-state index contributed by atoms with van der Waals surface area (Å²) in [7, 11) is 0. The average molecular weight is 395 g/mol. The highest BCUT2D eigenvalue weighted by Crippen LogP contribution is 2.17. The largest absolute Gasteiger partial charge is 0.324 e. The Morgan fingerprint density at radius 2 is 1.76 bits per heavy atom. The Kier molecular flexibility index (Phi) is 5.72. The number of anilines is 2. The zero-order chi connectivity index (χ0) is 21.1. The van der Waals surface area contributed by atoms with Crippen molar-refractivity contribution in [1.29, 1.82) is 0 Å². The molecule has 0 aliphatic heterocycles. The lowest BCUT2D eigenvalue weighted by molar-refractivity contribution is -0.117. The molecule has 3 rings (SSSR count). The summed E-state index contributed by atoms with van der Waals surface area (Å²) in [5.74, 6) is -1.21. The van der Waals surface area contributed by atoms with Crippen molar-refractivity contribution in [2.24, 2.45) is 0 Å². The highest BCUT2D eigenvalue weighted by atomic mass is 19.1. The van der Waals surface area contributed by atoms with E-state index < -0.39 is 11.7 Å². The fourth-order valence-electron chi connectivity index (χ4n) is 2.86. The molecule has 0 aliphatic carbocycles. The molecule has 0 bridgehead atoms. The molecule has 0 aliphatic rings. The van der Waals surface area contributed by atoms with Gasteiger partial charge < -0.3 is 10.6 Å². The van der Waals surface area contributed by atoms with Crippen molar-refractivity contribution >= 4 is 23.2 Å². The Morgan fingerprint density at radius 1 is 1.00 bits per heavy atom. The fraction of sp³-hybridized carbons (Fsp3) is 0.238. The second-order valence-electron chi connectivity index (χ2n) is 6.97. The minimum absolute atomic E-state index is 0.0744. The Labute approximate surface area is 167 Å². The predicted octanol–water partition coefficient (Wildman–Crippen LogP) is 3.54. The van der Waals surface area contributed by atoms with Crippen LogP contribution >= 0.6 is 0 Å². The van der Waals surface area contributed by atoms with Crippen LogP contribution in [0.4, 0.5) is 15.8 Å². The van der Waals surface area contributed by atoms with E-state index in [1.165, 1.54) is 10.7 Å². The van der Waals surface area contributed by atoms with Gasteiger partial charge in [-0.1, -0.05) is 29.0 Å². The normalized spacial score (nSPS) is 10.7. The molecule has 150 valence electrons. The number of nitrogens with one attached hydrogen (secondary N) is 2. The van der Waals surface area contributed by atoms with Crippen molar-refractivity contribution in [3.05, 3.63) is 70.3 Å². The molecule has 0 spiro atoms. The molecule has 0 saturated carbocycles. The summed E-state index contributed by atoms with van der Waals surface area (Å²) < 4.78 is 15.0. The second kappa shape index (κ2) is 8.22. The van der Waals surface area contributed by atoms with E-state index in [-0.39, 0.29) is 18.1 Å². The molecule has 7 nitrogen and oxygen atoms in total. The number of carbonyl (C=O) groups excluding carboxylic acids is 2. The van der Waals surface area contributed by atoms with Crippen LogP contribution in [0, 0.1) is 33.5 Å². The van der Waals surface area contributed by atoms with Crippen LogP contribution in [0.3, 0.4) is 0 Å². The van der Waals surface area contributed by atoms with Crippen molar-refractivity contribution in [1.82, 2.24) is 15.0 Å². The zero-order valence-corrected chi connectivity index (χ0v) is 16.7. The molecule has 8 heteroatoms. The van der Waals surface area contributed by atoms with Gasteiger partial charge in [0.2, 0.25) is 5.91 Å². The summed E-state index contributed by atoms with van der Waals surface area (Å²) in [6, 6.07) is 10.2. The molecule has 0 radical (unpaired) electrons. The molecule has 2 aromatic carbocycles. The minimum Gasteiger partial charge on any atom is -0.324 e. The number of halogens is 1. The highest BCUT2D eigenvalue weighted by molar-refractivity contribution is 6.03. The summed E-state index contributed by atoms with van der Waals surface area (Å²) in [6.45, 7) is 7.10. The Bertz CT molecular complexity index is 1090. The van der Waals surface area contributed by atoms with Crippen molar-refractivity contribution in [2.45, 2.75) is 34.2 Å². The molecule has 0 atom stereocenters. The number of nitrogens with zero attached hydrogens (tertiary/aromatic N) is 3. The number of hydrogen-bond acceptors (Lipinski definition) is 4. The van der Waals surface area contributed by atoms with Crippen LogP contribution in [0.1, 0.15) is 32.9 Å². The summed E-state index contributed by atoms with van der Waals surface area (Å²) in [6.07, 6.45) is 0. The highest BCUT2D eigenvalue weighted by Gasteiger charge is 2.18. The van der Waals surface area contributed by atoms with Gasteiger partial charge in [0.25, 0.3) is 5.91 Å². The third kappa shape index (κ3) is 4.66. The van der Waals surface area contributed by atoms with Gasteiger partial charge in [-0.15, -0.1) is 5.10 Å². The molecule has 3 aromatic rings. The van der Waals surface area contributed by atoms with Crippen molar-refractivity contribution < 1.29 is 14.0 Å². The van der Waals surface area contributed by atoms with Crippen LogP contribution in [0.15, 0.2) is 36.4 Å². The van der Waals surface area contributed by atoms with Crippen molar-refractivity contribution in [3.8, 4) is 0 Å². The molecule has 1 aromatic heterocycles. The SMILES string of the molecule is Cc1ccc(NC(=O)Cn2nnc(C(=O)Nc3ccc(C)c(F)c3)c2C)c(C)c1. The number of aryl methyl sites for hydroxylation is 3. The second-order valence-corrected chi connectivity index (χ2v) is 6.97. The van der Waals surface area contributed by atoms with Crippen LogP contribution in [-0.4, -0.2) is 26.8 Å². The van der Waals surface area contributed by atoms with E-state index in [2.05, 4.69) is 20.9 Å². The number of rotatable bonds is 5. The molecule has 29 heavy (non-hydrogen) atoms. The third-order valence-electron chi connectivity index (χ3n) is 4.58. The Hall–Kier alpha value is -3.55. The number of benzene rings is 2. The number of carbonyl (C=O) groups is 2. The lowest BCUT2D eigenvalue weighted by Gasteiger charge is -2.10. The van der Waals surface area contributed by atoms with Gasteiger partial charge in [-0.05, 0) is 57.0 Å². The average Bonchev–Trinajstić information content (AvgIpc) is 3.01. The first-order valence-corrected chi connectivity index (χ1v) is 9.09. The zero-order valence-electron chi connectivity index (χ0n) is 16.7. The molecular weight excluding hydrogens is 373 g/mol. The van der Waals surface area contributed by atoms with Crippen LogP contribution in [0.2, 0.25) is 0 Å². The molecule has 0 unspecified atom stereocenters. The predicted molar refractivity (Wildman–Crippen MR) is 108 cm³/mol. The van der Waals surface area contributed by atoms with Crippen LogP contribution in [0.5, 0.6) is 0 Å². The van der Waals surface area contributed by atoms with Crippen LogP contribution in [0.25, 0.3) is 0 Å². The Balaban J connectivity index is 1.68. The van der Waals surface area contributed by atoms with E-state index in [0.717, 1.165) is 16.8 Å². The molecule has 0 saturated heterocycles. The monoisotopic (exact) mass is 395 g/mol. The van der Waals surface area contributed by atoms with Gasteiger partial charge in [0.1, 0.15) is 12.4 Å². The number of aromatic nitrogens is 3. The van der Waals surface area contributed by atoms with Gasteiger partial charge in [-0.2, -0.15) is 0 Å². The van der Waals surface area contributed by atoms with E-state index in [1.54, 1.807) is 26.0 Å². The Morgan fingerprint density at radius 3 is 2.45 bits per heavy atom. The van der Waals surface area contributed by atoms with Crippen LogP contribution in [-0.2, 0) is 11.3 Å². The fourth-order valence-corrected chi connectivity index (χ4v) is 2.86. The molecule has 1 heterocycles. The van der Waals surface area contributed by atoms with Gasteiger partial charge in [0.05, 0.1) is 5.69 Å². The first-order valence-electron chi connectivity index (χ1n) is 9.09. The first kappa shape index (κ1) is 20.2. The topological polar surface area (TPSA) is 88.9 Å². The lowest BCUT2D eigenvalue weighted by Crippen LogP contribution is -2.21. The number of hydrogen-bond donors (Lipinski definition) is 2. The molecule has 2 amide bonds. The van der Waals surface area contributed by atoms with Crippen LogP contribution < -0.4 is 10.6 Å². The van der Waals surface area contributed by atoms with E-state index in [0.29, 0.717) is 16.9 Å². The quantitative estimate of drug-likeness (QED) is 0.692. The van der Waals surface area contributed by atoms with E-state index in [1.807, 2.05) is 32.0 Å². The van der Waals surface area contributed by atoms with Gasteiger partial charge in [0, 0.05) is 11.4 Å². The smallest absolute Gasteiger partial charge is 0.278 e. The van der Waals surface area contributed by atoms with Gasteiger partial charge in [-0.25, -0.2) is 9.07 Å². The maximum absolute atomic E-state index is 13.7. The van der Waals surface area contributed by atoms with Crippen molar-refractivity contribution in [3.63, 3.8) is 0 Å². The molecule has 0 fully saturated rings.